The van der Waals surface area contributed by atoms with Crippen molar-refractivity contribution in [3.8, 4) is 11.3 Å². The molecule has 1 unspecified atom stereocenters. The molecule has 1 aliphatic carbocycles. The first-order chi connectivity index (χ1) is 17.4. The first-order valence-corrected chi connectivity index (χ1v) is 12.7. The molecule has 190 valence electrons. The molecule has 0 bridgehead atoms. The summed E-state index contributed by atoms with van der Waals surface area (Å²) in [6, 6.07) is 6.07. The lowest BCUT2D eigenvalue weighted by Crippen LogP contribution is -2.51. The summed E-state index contributed by atoms with van der Waals surface area (Å²) < 4.78 is 27.2. The fourth-order valence-electron chi connectivity index (χ4n) is 5.91. The SMILES string of the molecule is CC1=Nc2ccc(-c3ccn4nc(NC5CC6(CCN(C)CC6)C5)ncc34)nc2CC1NCC(F)F. The Hall–Kier alpha value is -2.98. The quantitative estimate of drug-likeness (QED) is 0.540. The number of likely N-dealkylation sites (tertiary alicyclic amines) is 1. The van der Waals surface area contributed by atoms with Crippen LogP contribution in [0.15, 0.2) is 35.6 Å². The lowest BCUT2D eigenvalue weighted by atomic mass is 9.60. The number of piperidine rings is 1. The highest BCUT2D eigenvalue weighted by Gasteiger charge is 2.45. The van der Waals surface area contributed by atoms with Gasteiger partial charge >= 0.3 is 0 Å². The molecule has 2 aliphatic heterocycles. The molecule has 0 amide bonds. The van der Waals surface area contributed by atoms with Crippen LogP contribution in [0.25, 0.3) is 16.8 Å². The topological polar surface area (TPSA) is 82.7 Å². The van der Waals surface area contributed by atoms with Gasteiger partial charge in [0.25, 0.3) is 6.43 Å². The number of aliphatic imine (C=N–C) groups is 1. The van der Waals surface area contributed by atoms with E-state index in [9.17, 15) is 8.78 Å². The van der Waals surface area contributed by atoms with Crippen molar-refractivity contribution in [3.05, 3.63) is 36.3 Å². The summed E-state index contributed by atoms with van der Waals surface area (Å²) >= 11 is 0. The third-order valence-electron chi connectivity index (χ3n) is 8.10. The highest BCUT2D eigenvalue weighted by molar-refractivity contribution is 5.92. The summed E-state index contributed by atoms with van der Waals surface area (Å²) in [7, 11) is 2.20. The number of hydrogen-bond acceptors (Lipinski definition) is 7. The van der Waals surface area contributed by atoms with Crippen LogP contribution in [0, 0.1) is 5.41 Å². The van der Waals surface area contributed by atoms with Crippen LogP contribution in [0.2, 0.25) is 0 Å². The van der Waals surface area contributed by atoms with E-state index in [0.29, 0.717) is 23.8 Å². The van der Waals surface area contributed by atoms with E-state index in [0.717, 1.165) is 33.9 Å². The third-order valence-corrected chi connectivity index (χ3v) is 8.10. The Kier molecular flexibility index (Phi) is 5.95. The van der Waals surface area contributed by atoms with Gasteiger partial charge in [0.1, 0.15) is 0 Å². The highest BCUT2D eigenvalue weighted by atomic mass is 19.3. The minimum atomic E-state index is -2.40. The van der Waals surface area contributed by atoms with Gasteiger partial charge in [-0.3, -0.25) is 9.98 Å². The highest BCUT2D eigenvalue weighted by Crippen LogP contribution is 2.49. The molecule has 10 heteroatoms. The minimum Gasteiger partial charge on any atom is -0.350 e. The molecule has 5 heterocycles. The van der Waals surface area contributed by atoms with E-state index >= 15 is 0 Å². The first kappa shape index (κ1) is 23.4. The maximum absolute atomic E-state index is 12.7. The summed E-state index contributed by atoms with van der Waals surface area (Å²) in [6.07, 6.45) is 6.83. The molecule has 36 heavy (non-hydrogen) atoms. The Labute approximate surface area is 209 Å². The van der Waals surface area contributed by atoms with E-state index in [1.807, 2.05) is 42.0 Å². The van der Waals surface area contributed by atoms with Gasteiger partial charge in [0.2, 0.25) is 5.95 Å². The normalized spacial score (nSPS) is 22.0. The largest absolute Gasteiger partial charge is 0.350 e. The number of aromatic nitrogens is 4. The standard InChI is InChI=1S/C26H32F2N8/c1-16-21(29-15-24(27)28)11-22-20(31-16)4-3-19(33-22)18-5-8-36-23(18)14-30-25(34-36)32-17-12-26(13-17)6-9-35(2)10-7-26/h3-5,8,14,17,21,24,29H,6-7,9-13,15H2,1-2H3,(H,32,34). The van der Waals surface area contributed by atoms with E-state index in [1.54, 1.807) is 0 Å². The molecule has 6 rings (SSSR count). The Bertz CT molecular complexity index is 1290. The fraction of sp³-hybridized carbons (Fsp3) is 0.538. The van der Waals surface area contributed by atoms with Crippen LogP contribution in [0.4, 0.5) is 20.4 Å². The molecular weight excluding hydrogens is 462 g/mol. The molecule has 2 N–H and O–H groups in total. The summed E-state index contributed by atoms with van der Waals surface area (Å²) in [5.41, 5.74) is 5.50. The second kappa shape index (κ2) is 9.15. The van der Waals surface area contributed by atoms with Crippen molar-refractivity contribution in [2.75, 3.05) is 32.0 Å². The Morgan fingerprint density at radius 3 is 2.75 bits per heavy atom. The van der Waals surface area contributed by atoms with Crippen molar-refractivity contribution < 1.29 is 8.78 Å². The van der Waals surface area contributed by atoms with Crippen LogP contribution in [0.3, 0.4) is 0 Å². The molecule has 1 saturated heterocycles. The second-order valence-corrected chi connectivity index (χ2v) is 10.7. The number of fused-ring (bicyclic) bond motifs is 2. The lowest BCUT2D eigenvalue weighted by Gasteiger charge is -2.51. The van der Waals surface area contributed by atoms with Crippen molar-refractivity contribution in [3.63, 3.8) is 0 Å². The Morgan fingerprint density at radius 1 is 1.17 bits per heavy atom. The number of nitrogens with one attached hydrogen (secondary N) is 2. The number of nitrogens with zero attached hydrogens (tertiary/aromatic N) is 6. The smallest absolute Gasteiger partial charge is 0.250 e. The molecular formula is C26H32F2N8. The van der Waals surface area contributed by atoms with E-state index in [4.69, 9.17) is 10.1 Å². The number of anilines is 1. The number of hydrogen-bond donors (Lipinski definition) is 2. The number of halogens is 2. The number of rotatable bonds is 6. The van der Waals surface area contributed by atoms with E-state index in [2.05, 4.69) is 32.6 Å². The summed E-state index contributed by atoms with van der Waals surface area (Å²) in [4.78, 5) is 16.4. The summed E-state index contributed by atoms with van der Waals surface area (Å²) in [5.74, 6) is 0.647. The molecule has 0 radical (unpaired) electrons. The maximum atomic E-state index is 12.7. The van der Waals surface area contributed by atoms with Crippen LogP contribution in [-0.2, 0) is 6.42 Å². The Morgan fingerprint density at radius 2 is 1.97 bits per heavy atom. The van der Waals surface area contributed by atoms with Crippen LogP contribution < -0.4 is 10.6 Å². The van der Waals surface area contributed by atoms with Gasteiger partial charge < -0.3 is 15.5 Å². The van der Waals surface area contributed by atoms with E-state index in [1.165, 1.54) is 38.8 Å². The predicted molar refractivity (Wildman–Crippen MR) is 136 cm³/mol. The average molecular weight is 495 g/mol. The van der Waals surface area contributed by atoms with Gasteiger partial charge in [0.15, 0.2) is 0 Å². The third kappa shape index (κ3) is 4.48. The van der Waals surface area contributed by atoms with Gasteiger partial charge in [0, 0.05) is 29.9 Å². The monoisotopic (exact) mass is 494 g/mol. The van der Waals surface area contributed by atoms with E-state index in [-0.39, 0.29) is 12.6 Å². The molecule has 3 aliphatic rings. The number of alkyl halides is 2. The molecule has 1 spiro atoms. The molecule has 1 atom stereocenters. The second-order valence-electron chi connectivity index (χ2n) is 10.7. The van der Waals surface area contributed by atoms with Gasteiger partial charge in [-0.2, -0.15) is 0 Å². The Balaban J connectivity index is 1.16. The summed E-state index contributed by atoms with van der Waals surface area (Å²) in [5, 5.41) is 11.1. The van der Waals surface area contributed by atoms with Crippen molar-refractivity contribution in [2.45, 2.75) is 57.5 Å². The van der Waals surface area contributed by atoms with Gasteiger partial charge in [0.05, 0.1) is 41.4 Å². The van der Waals surface area contributed by atoms with Crippen molar-refractivity contribution in [1.29, 1.82) is 0 Å². The number of pyridine rings is 1. The van der Waals surface area contributed by atoms with E-state index < -0.39 is 6.43 Å². The van der Waals surface area contributed by atoms with Crippen LogP contribution in [0.5, 0.6) is 0 Å². The first-order valence-electron chi connectivity index (χ1n) is 12.7. The molecule has 0 aromatic carbocycles. The zero-order valence-electron chi connectivity index (χ0n) is 20.7. The molecule has 8 nitrogen and oxygen atoms in total. The van der Waals surface area contributed by atoms with Gasteiger partial charge in [-0.15, -0.1) is 5.10 Å². The van der Waals surface area contributed by atoms with Gasteiger partial charge in [-0.25, -0.2) is 18.3 Å². The predicted octanol–water partition coefficient (Wildman–Crippen LogP) is 3.95. The molecule has 1 saturated carbocycles. The molecule has 3 aromatic heterocycles. The molecule has 2 fully saturated rings. The lowest BCUT2D eigenvalue weighted by molar-refractivity contribution is 0.0325. The van der Waals surface area contributed by atoms with Crippen molar-refractivity contribution in [2.24, 2.45) is 10.4 Å². The average Bonchev–Trinajstić information content (AvgIpc) is 3.26. The summed E-state index contributed by atoms with van der Waals surface area (Å²) in [6.45, 7) is 3.89. The molecule has 3 aromatic rings. The van der Waals surface area contributed by atoms with Crippen molar-refractivity contribution >= 4 is 22.9 Å². The zero-order valence-corrected chi connectivity index (χ0v) is 20.7. The van der Waals surface area contributed by atoms with Gasteiger partial charge in [-0.1, -0.05) is 0 Å². The van der Waals surface area contributed by atoms with Gasteiger partial charge in [-0.05, 0) is 76.4 Å². The minimum absolute atomic E-state index is 0.239. The maximum Gasteiger partial charge on any atom is 0.250 e. The zero-order chi connectivity index (χ0) is 24.9. The van der Waals surface area contributed by atoms with Crippen LogP contribution >= 0.6 is 0 Å². The van der Waals surface area contributed by atoms with Crippen molar-refractivity contribution in [1.82, 2.24) is 29.8 Å². The fourth-order valence-corrected chi connectivity index (χ4v) is 5.91. The van der Waals surface area contributed by atoms with Crippen LogP contribution in [0.1, 0.15) is 38.3 Å². The van der Waals surface area contributed by atoms with Crippen LogP contribution in [-0.4, -0.2) is 75.4 Å².